The Bertz CT molecular complexity index is 486. The predicted molar refractivity (Wildman–Crippen MR) is 86.0 cm³/mol. The van der Waals surface area contributed by atoms with Gasteiger partial charge in [-0.2, -0.15) is 0 Å². The summed E-state index contributed by atoms with van der Waals surface area (Å²) in [4.78, 5) is 2.68. The Morgan fingerprint density at radius 3 is 2.85 bits per heavy atom. The van der Waals surface area contributed by atoms with Crippen molar-refractivity contribution in [3.05, 3.63) is 34.3 Å². The van der Waals surface area contributed by atoms with E-state index in [1.165, 1.54) is 49.9 Å². The van der Waals surface area contributed by atoms with E-state index in [9.17, 15) is 0 Å². The van der Waals surface area contributed by atoms with Gasteiger partial charge in [0, 0.05) is 23.5 Å². The molecule has 2 bridgehead atoms. The van der Waals surface area contributed by atoms with Gasteiger partial charge in [0.15, 0.2) is 0 Å². The van der Waals surface area contributed by atoms with Crippen LogP contribution >= 0.6 is 15.9 Å². The molecule has 4 rings (SSSR count). The van der Waals surface area contributed by atoms with E-state index in [0.717, 1.165) is 12.5 Å². The molecule has 1 spiro atoms. The van der Waals surface area contributed by atoms with Crippen molar-refractivity contribution >= 4 is 15.9 Å². The first-order valence-electron chi connectivity index (χ1n) is 7.96. The molecule has 1 aromatic carbocycles. The quantitative estimate of drug-likeness (QED) is 0.848. The van der Waals surface area contributed by atoms with Gasteiger partial charge in [-0.25, -0.2) is 0 Å². The highest BCUT2D eigenvalue weighted by Gasteiger charge is 2.51. The minimum atomic E-state index is 0.562. The molecule has 3 aliphatic rings. The first-order chi connectivity index (χ1) is 9.78. The number of piperidine rings is 2. The van der Waals surface area contributed by atoms with Crippen molar-refractivity contribution in [3.8, 4) is 0 Å². The zero-order valence-electron chi connectivity index (χ0n) is 11.9. The molecule has 0 aromatic heterocycles. The van der Waals surface area contributed by atoms with Crippen LogP contribution in [0.25, 0.3) is 0 Å². The monoisotopic (exact) mass is 334 g/mol. The van der Waals surface area contributed by atoms with Gasteiger partial charge in [0.2, 0.25) is 0 Å². The van der Waals surface area contributed by atoms with Crippen LogP contribution in [0.5, 0.6) is 0 Å². The first-order valence-corrected chi connectivity index (χ1v) is 8.76. The van der Waals surface area contributed by atoms with E-state index < -0.39 is 0 Å². The second-order valence-electron chi connectivity index (χ2n) is 6.83. The van der Waals surface area contributed by atoms with Gasteiger partial charge < -0.3 is 10.2 Å². The average Bonchev–Trinajstić information content (AvgIpc) is 2.90. The predicted octanol–water partition coefficient (Wildman–Crippen LogP) is 3.24. The Morgan fingerprint density at radius 2 is 2.00 bits per heavy atom. The van der Waals surface area contributed by atoms with E-state index in [1.54, 1.807) is 5.56 Å². The van der Waals surface area contributed by atoms with Crippen molar-refractivity contribution in [1.82, 2.24) is 10.2 Å². The van der Waals surface area contributed by atoms with Gasteiger partial charge in [-0.15, -0.1) is 0 Å². The average molecular weight is 335 g/mol. The maximum absolute atomic E-state index is 3.65. The molecule has 0 radical (unpaired) electrons. The third-order valence-corrected chi connectivity index (χ3v) is 6.59. The summed E-state index contributed by atoms with van der Waals surface area (Å²) in [7, 11) is 0. The summed E-state index contributed by atoms with van der Waals surface area (Å²) >= 11 is 3.57. The molecule has 4 unspecified atom stereocenters. The summed E-state index contributed by atoms with van der Waals surface area (Å²) in [6.45, 7) is 6.39. The van der Waals surface area contributed by atoms with Gasteiger partial charge in [0.25, 0.3) is 0 Å². The van der Waals surface area contributed by atoms with E-state index in [-0.39, 0.29) is 0 Å². The van der Waals surface area contributed by atoms with Gasteiger partial charge in [0.1, 0.15) is 0 Å². The molecular weight excluding hydrogens is 312 g/mol. The molecule has 20 heavy (non-hydrogen) atoms. The lowest BCUT2D eigenvalue weighted by atomic mass is 9.58. The van der Waals surface area contributed by atoms with E-state index >= 15 is 0 Å². The Kier molecular flexibility index (Phi) is 3.40. The summed E-state index contributed by atoms with van der Waals surface area (Å²) < 4.78 is 1.19. The number of rotatable bonds is 1. The molecule has 3 aliphatic heterocycles. The molecule has 0 aliphatic carbocycles. The highest BCUT2D eigenvalue weighted by atomic mass is 79.9. The van der Waals surface area contributed by atoms with Crippen LogP contribution in [0, 0.1) is 11.3 Å². The number of hydrogen-bond donors (Lipinski definition) is 1. The van der Waals surface area contributed by atoms with Crippen molar-refractivity contribution in [3.63, 3.8) is 0 Å². The fourth-order valence-corrected chi connectivity index (χ4v) is 5.22. The molecular formula is C17H23BrN2. The molecule has 2 nitrogen and oxygen atoms in total. The second kappa shape index (κ2) is 5.11. The van der Waals surface area contributed by atoms with Gasteiger partial charge in [-0.1, -0.05) is 28.1 Å². The molecule has 3 fully saturated rings. The van der Waals surface area contributed by atoms with Crippen LogP contribution in [0.15, 0.2) is 28.7 Å². The Hall–Kier alpha value is -0.380. The Labute approximate surface area is 130 Å². The molecule has 4 atom stereocenters. The standard InChI is InChI=1S/C17H23BrN2/c18-15-3-1-13(2-4-15)16-11-19-8-6-17(16)7-10-20-9-5-14(17)12-20/h1-4,14,16,19H,5-12H2. The number of hydrogen-bond acceptors (Lipinski definition) is 2. The smallest absolute Gasteiger partial charge is 0.0175 e. The van der Waals surface area contributed by atoms with Crippen LogP contribution in [0.4, 0.5) is 0 Å². The molecule has 3 heterocycles. The number of halogens is 1. The highest BCUT2D eigenvalue weighted by Crippen LogP contribution is 2.54. The van der Waals surface area contributed by atoms with Crippen LogP contribution in [0.3, 0.4) is 0 Å². The minimum Gasteiger partial charge on any atom is -0.316 e. The minimum absolute atomic E-state index is 0.562. The molecule has 3 saturated heterocycles. The SMILES string of the molecule is Brc1ccc(C2CNCCC23CCN2CCC3C2)cc1. The number of nitrogens with one attached hydrogen (secondary N) is 1. The van der Waals surface area contributed by atoms with E-state index in [4.69, 9.17) is 0 Å². The zero-order chi connectivity index (χ0) is 13.6. The lowest BCUT2D eigenvalue weighted by molar-refractivity contribution is 0.0329. The maximum atomic E-state index is 3.65. The third kappa shape index (κ3) is 2.06. The summed E-state index contributed by atoms with van der Waals surface area (Å²) in [5.74, 6) is 1.63. The molecule has 1 aromatic rings. The maximum Gasteiger partial charge on any atom is 0.0175 e. The van der Waals surface area contributed by atoms with Gasteiger partial charge in [-0.3, -0.25) is 0 Å². The summed E-state index contributed by atoms with van der Waals surface area (Å²) in [6.07, 6.45) is 4.19. The Balaban J connectivity index is 1.70. The molecule has 0 amide bonds. The van der Waals surface area contributed by atoms with Gasteiger partial charge in [0.05, 0.1) is 0 Å². The topological polar surface area (TPSA) is 15.3 Å². The van der Waals surface area contributed by atoms with E-state index in [2.05, 4.69) is 50.4 Å². The second-order valence-corrected chi connectivity index (χ2v) is 7.74. The fourth-order valence-electron chi connectivity index (χ4n) is 4.95. The van der Waals surface area contributed by atoms with Crippen LogP contribution < -0.4 is 5.32 Å². The summed E-state index contributed by atoms with van der Waals surface area (Å²) in [6, 6.07) is 9.10. The van der Waals surface area contributed by atoms with Crippen LogP contribution in [-0.2, 0) is 0 Å². The zero-order valence-corrected chi connectivity index (χ0v) is 13.5. The molecule has 0 saturated carbocycles. The van der Waals surface area contributed by atoms with Crippen molar-refractivity contribution in [1.29, 1.82) is 0 Å². The van der Waals surface area contributed by atoms with E-state index in [0.29, 0.717) is 11.3 Å². The lowest BCUT2D eigenvalue weighted by Crippen LogP contribution is -2.52. The highest BCUT2D eigenvalue weighted by molar-refractivity contribution is 9.10. The van der Waals surface area contributed by atoms with Crippen molar-refractivity contribution in [2.24, 2.45) is 11.3 Å². The van der Waals surface area contributed by atoms with Crippen molar-refractivity contribution < 1.29 is 0 Å². The molecule has 1 N–H and O–H groups in total. The van der Waals surface area contributed by atoms with Crippen LogP contribution in [0.1, 0.15) is 30.7 Å². The largest absolute Gasteiger partial charge is 0.316 e. The molecule has 3 heteroatoms. The number of fused-ring (bicyclic) bond motifs is 3. The fraction of sp³-hybridized carbons (Fsp3) is 0.647. The molecule has 108 valence electrons. The Morgan fingerprint density at radius 1 is 1.15 bits per heavy atom. The third-order valence-electron chi connectivity index (χ3n) is 6.06. The first kappa shape index (κ1) is 13.3. The summed E-state index contributed by atoms with van der Waals surface area (Å²) in [5.41, 5.74) is 2.10. The normalized spacial score (nSPS) is 40.1. The van der Waals surface area contributed by atoms with Gasteiger partial charge >= 0.3 is 0 Å². The summed E-state index contributed by atoms with van der Waals surface area (Å²) in [5, 5.41) is 3.65. The lowest BCUT2D eigenvalue weighted by Gasteiger charge is -2.51. The van der Waals surface area contributed by atoms with E-state index in [1.807, 2.05) is 0 Å². The van der Waals surface area contributed by atoms with Crippen LogP contribution in [-0.4, -0.2) is 37.6 Å². The van der Waals surface area contributed by atoms with Gasteiger partial charge in [-0.05, 0) is 67.9 Å². The van der Waals surface area contributed by atoms with Crippen LogP contribution in [0.2, 0.25) is 0 Å². The van der Waals surface area contributed by atoms with Crippen molar-refractivity contribution in [2.75, 3.05) is 32.7 Å². The number of nitrogens with zero attached hydrogens (tertiary/aromatic N) is 1. The number of benzene rings is 1. The van der Waals surface area contributed by atoms with Crippen molar-refractivity contribution in [2.45, 2.75) is 25.2 Å².